The molecule has 2 heterocycles. The number of hydrogen-bond acceptors (Lipinski definition) is 3. The maximum absolute atomic E-state index is 5.86. The molecule has 1 fully saturated rings. The molecule has 1 saturated heterocycles. The van der Waals surface area contributed by atoms with Crippen LogP contribution in [0.15, 0.2) is 0 Å². The van der Waals surface area contributed by atoms with Crippen molar-refractivity contribution in [1.82, 2.24) is 9.78 Å². The van der Waals surface area contributed by atoms with Gasteiger partial charge in [0.15, 0.2) is 0 Å². The lowest BCUT2D eigenvalue weighted by molar-refractivity contribution is 0.373. The van der Waals surface area contributed by atoms with Crippen molar-refractivity contribution in [3.05, 3.63) is 11.3 Å². The number of aryl methyl sites for hydroxylation is 2. The van der Waals surface area contributed by atoms with E-state index >= 15 is 0 Å². The Balaban J connectivity index is 2.41. The lowest BCUT2D eigenvalue weighted by Crippen LogP contribution is -2.42. The Hall–Kier alpha value is -1.10. The summed E-state index contributed by atoms with van der Waals surface area (Å²) in [5, 5.41) is 4.47. The molecular weight excluding hydrogens is 244 g/mol. The molecule has 0 spiro atoms. The SMILES string of the molecule is Cc1nn(C)c(N2CCC(C)CC2C)c1C(N)=S. The van der Waals surface area contributed by atoms with Gasteiger partial charge in [0.2, 0.25) is 0 Å². The van der Waals surface area contributed by atoms with Crippen LogP contribution in [-0.2, 0) is 7.05 Å². The summed E-state index contributed by atoms with van der Waals surface area (Å²) in [6, 6.07) is 0.511. The first-order valence-electron chi connectivity index (χ1n) is 6.51. The smallest absolute Gasteiger partial charge is 0.137 e. The highest BCUT2D eigenvalue weighted by atomic mass is 32.1. The van der Waals surface area contributed by atoms with E-state index in [4.69, 9.17) is 18.0 Å². The number of nitrogens with zero attached hydrogens (tertiary/aromatic N) is 3. The van der Waals surface area contributed by atoms with Crippen molar-refractivity contribution in [2.75, 3.05) is 11.4 Å². The molecule has 18 heavy (non-hydrogen) atoms. The van der Waals surface area contributed by atoms with Gasteiger partial charge in [-0.25, -0.2) is 0 Å². The Morgan fingerprint density at radius 3 is 2.67 bits per heavy atom. The molecule has 1 aliphatic heterocycles. The summed E-state index contributed by atoms with van der Waals surface area (Å²) in [4.78, 5) is 2.84. The summed E-state index contributed by atoms with van der Waals surface area (Å²) >= 11 is 5.18. The molecule has 1 aliphatic rings. The fourth-order valence-corrected chi connectivity index (χ4v) is 3.22. The van der Waals surface area contributed by atoms with Gasteiger partial charge in [-0.15, -0.1) is 0 Å². The molecule has 2 unspecified atom stereocenters. The Morgan fingerprint density at radius 2 is 2.11 bits per heavy atom. The van der Waals surface area contributed by atoms with Gasteiger partial charge in [0, 0.05) is 19.6 Å². The van der Waals surface area contributed by atoms with E-state index in [1.54, 1.807) is 0 Å². The first-order valence-corrected chi connectivity index (χ1v) is 6.92. The van der Waals surface area contributed by atoms with Gasteiger partial charge in [0.25, 0.3) is 0 Å². The maximum Gasteiger partial charge on any atom is 0.137 e. The minimum atomic E-state index is 0.446. The normalized spacial score (nSPS) is 24.3. The van der Waals surface area contributed by atoms with Crippen LogP contribution in [0, 0.1) is 12.8 Å². The minimum absolute atomic E-state index is 0.446. The molecule has 0 bridgehead atoms. The summed E-state index contributed by atoms with van der Waals surface area (Å²) in [5.41, 5.74) is 7.72. The molecule has 0 amide bonds. The fraction of sp³-hybridized carbons (Fsp3) is 0.692. The Bertz CT molecular complexity index is 466. The molecule has 1 aromatic heterocycles. The average molecular weight is 266 g/mol. The van der Waals surface area contributed by atoms with Crippen molar-refractivity contribution in [1.29, 1.82) is 0 Å². The third-order valence-electron chi connectivity index (χ3n) is 3.85. The Morgan fingerprint density at radius 1 is 1.44 bits per heavy atom. The Labute approximate surface area is 114 Å². The van der Waals surface area contributed by atoms with E-state index in [0.717, 1.165) is 29.5 Å². The fourth-order valence-electron chi connectivity index (χ4n) is 2.99. The van der Waals surface area contributed by atoms with Gasteiger partial charge in [0.1, 0.15) is 10.8 Å². The van der Waals surface area contributed by atoms with E-state index < -0.39 is 0 Å². The molecular formula is C13H22N4S. The number of thiocarbonyl (C=S) groups is 1. The largest absolute Gasteiger partial charge is 0.389 e. The molecule has 2 rings (SSSR count). The molecule has 0 aliphatic carbocycles. The van der Waals surface area contributed by atoms with Gasteiger partial charge in [-0.1, -0.05) is 19.1 Å². The molecule has 100 valence electrons. The van der Waals surface area contributed by atoms with E-state index in [0.29, 0.717) is 11.0 Å². The van der Waals surface area contributed by atoms with E-state index in [-0.39, 0.29) is 0 Å². The van der Waals surface area contributed by atoms with E-state index in [1.807, 2.05) is 18.7 Å². The van der Waals surface area contributed by atoms with Crippen LogP contribution in [0.3, 0.4) is 0 Å². The van der Waals surface area contributed by atoms with Gasteiger partial charge in [0.05, 0.1) is 11.3 Å². The second-order valence-corrected chi connectivity index (χ2v) is 5.88. The van der Waals surface area contributed by atoms with Crippen LogP contribution < -0.4 is 10.6 Å². The third kappa shape index (κ3) is 2.23. The molecule has 4 nitrogen and oxygen atoms in total. The lowest BCUT2D eigenvalue weighted by atomic mass is 9.93. The minimum Gasteiger partial charge on any atom is -0.389 e. The zero-order valence-electron chi connectivity index (χ0n) is 11.6. The number of aromatic nitrogens is 2. The highest BCUT2D eigenvalue weighted by molar-refractivity contribution is 7.80. The van der Waals surface area contributed by atoms with Crippen LogP contribution in [0.25, 0.3) is 0 Å². The van der Waals surface area contributed by atoms with Gasteiger partial charge in [-0.2, -0.15) is 5.10 Å². The Kier molecular flexibility index (Phi) is 3.61. The van der Waals surface area contributed by atoms with Crippen LogP contribution >= 0.6 is 12.2 Å². The number of anilines is 1. The molecule has 5 heteroatoms. The third-order valence-corrected chi connectivity index (χ3v) is 4.05. The van der Waals surface area contributed by atoms with Crippen molar-refractivity contribution < 1.29 is 0 Å². The zero-order chi connectivity index (χ0) is 13.4. The second-order valence-electron chi connectivity index (χ2n) is 5.44. The van der Waals surface area contributed by atoms with Crippen LogP contribution in [0.2, 0.25) is 0 Å². The topological polar surface area (TPSA) is 47.1 Å². The summed E-state index contributed by atoms with van der Waals surface area (Å²) in [7, 11) is 1.97. The predicted molar refractivity (Wildman–Crippen MR) is 79.0 cm³/mol. The van der Waals surface area contributed by atoms with Gasteiger partial charge in [-0.05, 0) is 32.6 Å². The van der Waals surface area contributed by atoms with Crippen molar-refractivity contribution in [2.24, 2.45) is 18.7 Å². The molecule has 2 atom stereocenters. The van der Waals surface area contributed by atoms with E-state index in [2.05, 4.69) is 23.8 Å². The van der Waals surface area contributed by atoms with Crippen LogP contribution in [0.4, 0.5) is 5.82 Å². The lowest BCUT2D eigenvalue weighted by Gasteiger charge is -2.38. The van der Waals surface area contributed by atoms with Crippen LogP contribution in [0.1, 0.15) is 37.9 Å². The standard InChI is InChI=1S/C13H22N4S/c1-8-5-6-17(9(2)7-8)13-11(12(14)18)10(3)15-16(13)4/h8-9H,5-7H2,1-4H3,(H2,14,18). The molecule has 0 saturated carbocycles. The number of rotatable bonds is 2. The quantitative estimate of drug-likeness (QED) is 0.832. The summed E-state index contributed by atoms with van der Waals surface area (Å²) < 4.78 is 1.91. The maximum atomic E-state index is 5.86. The highest BCUT2D eigenvalue weighted by Gasteiger charge is 2.28. The van der Waals surface area contributed by atoms with E-state index in [9.17, 15) is 0 Å². The van der Waals surface area contributed by atoms with Gasteiger partial charge < -0.3 is 10.6 Å². The zero-order valence-corrected chi connectivity index (χ0v) is 12.4. The van der Waals surface area contributed by atoms with Crippen molar-refractivity contribution in [3.8, 4) is 0 Å². The molecule has 0 aromatic carbocycles. The van der Waals surface area contributed by atoms with Crippen LogP contribution in [-0.4, -0.2) is 27.4 Å². The summed E-state index contributed by atoms with van der Waals surface area (Å²) in [5.74, 6) is 1.87. The van der Waals surface area contributed by atoms with Gasteiger partial charge in [-0.3, -0.25) is 4.68 Å². The van der Waals surface area contributed by atoms with Crippen molar-refractivity contribution >= 4 is 23.0 Å². The van der Waals surface area contributed by atoms with Crippen molar-refractivity contribution in [3.63, 3.8) is 0 Å². The summed E-state index contributed by atoms with van der Waals surface area (Å²) in [6.07, 6.45) is 2.42. The monoisotopic (exact) mass is 266 g/mol. The van der Waals surface area contributed by atoms with E-state index in [1.165, 1.54) is 12.8 Å². The predicted octanol–water partition coefficient (Wildman–Crippen LogP) is 1.99. The number of hydrogen-bond donors (Lipinski definition) is 1. The van der Waals surface area contributed by atoms with Crippen molar-refractivity contribution in [2.45, 2.75) is 39.7 Å². The summed E-state index contributed by atoms with van der Waals surface area (Å²) in [6.45, 7) is 7.60. The molecule has 2 N–H and O–H groups in total. The number of piperidine rings is 1. The highest BCUT2D eigenvalue weighted by Crippen LogP contribution is 2.31. The average Bonchev–Trinajstić information content (AvgIpc) is 2.53. The number of nitrogens with two attached hydrogens (primary N) is 1. The molecule has 0 radical (unpaired) electrons. The first-order chi connectivity index (χ1) is 8.41. The van der Waals surface area contributed by atoms with Gasteiger partial charge >= 0.3 is 0 Å². The second kappa shape index (κ2) is 4.88. The van der Waals surface area contributed by atoms with Crippen LogP contribution in [0.5, 0.6) is 0 Å². The first kappa shape index (κ1) is 13.3. The molecule has 1 aromatic rings.